The number of anilines is 1. The van der Waals surface area contributed by atoms with E-state index in [1.54, 1.807) is 37.2 Å². The van der Waals surface area contributed by atoms with Gasteiger partial charge in [-0.1, -0.05) is 0 Å². The van der Waals surface area contributed by atoms with Crippen LogP contribution in [0.2, 0.25) is 0 Å². The number of nitrogens with zero attached hydrogens (tertiary/aromatic N) is 1. The Morgan fingerprint density at radius 1 is 1.55 bits per heavy atom. The minimum atomic E-state index is -0.521. The van der Waals surface area contributed by atoms with Gasteiger partial charge in [0.2, 0.25) is 5.91 Å². The Hall–Kier alpha value is -1.99. The van der Waals surface area contributed by atoms with Crippen molar-refractivity contribution in [1.82, 2.24) is 4.98 Å². The van der Waals surface area contributed by atoms with Crippen LogP contribution in [-0.2, 0) is 4.79 Å². The van der Waals surface area contributed by atoms with Gasteiger partial charge in [0.25, 0.3) is 0 Å². The van der Waals surface area contributed by atoms with E-state index in [-0.39, 0.29) is 5.91 Å². The molecule has 0 radical (unpaired) electrons. The molecule has 0 aliphatic rings. The van der Waals surface area contributed by atoms with Crippen molar-refractivity contribution in [3.63, 3.8) is 0 Å². The molecule has 22 heavy (non-hydrogen) atoms. The lowest BCUT2D eigenvalue weighted by Crippen LogP contribution is -2.36. The number of nitrogens with two attached hydrogens (primary N) is 1. The Morgan fingerprint density at radius 2 is 2.36 bits per heavy atom. The molecule has 7 heteroatoms. The van der Waals surface area contributed by atoms with Crippen LogP contribution in [0.15, 0.2) is 35.2 Å². The van der Waals surface area contributed by atoms with E-state index in [2.05, 4.69) is 10.3 Å². The first-order chi connectivity index (χ1) is 10.7. The molecule has 0 fully saturated rings. The molecule has 1 heterocycles. The fraction of sp³-hybridized carbons (Fsp3) is 0.333. The van der Waals surface area contributed by atoms with Crippen molar-refractivity contribution in [2.45, 2.75) is 12.5 Å². The van der Waals surface area contributed by atoms with E-state index in [1.807, 2.05) is 12.3 Å². The summed E-state index contributed by atoms with van der Waals surface area (Å²) < 4.78 is 10.6. The Balaban J connectivity index is 2.11. The summed E-state index contributed by atoms with van der Waals surface area (Å²) in [5.74, 6) is 1.84. The number of carbonyl (C=O) groups is 1. The van der Waals surface area contributed by atoms with E-state index >= 15 is 0 Å². The topological polar surface area (TPSA) is 90.4 Å². The quantitative estimate of drug-likeness (QED) is 0.813. The van der Waals surface area contributed by atoms with Crippen LogP contribution < -0.4 is 15.8 Å². The fourth-order valence-corrected chi connectivity index (χ4v) is 2.42. The highest BCUT2D eigenvalue weighted by molar-refractivity contribution is 7.98. The summed E-state index contributed by atoms with van der Waals surface area (Å²) in [6.45, 7) is 0. The molecular formula is C15H19N3O3S. The third kappa shape index (κ3) is 4.02. The highest BCUT2D eigenvalue weighted by Crippen LogP contribution is 2.32. The molecule has 118 valence electrons. The Morgan fingerprint density at radius 3 is 3.00 bits per heavy atom. The van der Waals surface area contributed by atoms with Crippen molar-refractivity contribution in [2.24, 2.45) is 5.73 Å². The SMILES string of the molecule is COc1cc(NC(=O)[C@H](N)CCSC)ccc1-c1cnco1. The normalized spacial score (nSPS) is 12.0. The number of hydrogen-bond acceptors (Lipinski definition) is 6. The van der Waals surface area contributed by atoms with Crippen LogP contribution in [0.1, 0.15) is 6.42 Å². The van der Waals surface area contributed by atoms with Crippen molar-refractivity contribution in [1.29, 1.82) is 0 Å². The number of nitrogens with one attached hydrogen (secondary N) is 1. The molecule has 6 nitrogen and oxygen atoms in total. The summed E-state index contributed by atoms with van der Waals surface area (Å²) in [5, 5.41) is 2.80. The van der Waals surface area contributed by atoms with Crippen LogP contribution in [0.25, 0.3) is 11.3 Å². The van der Waals surface area contributed by atoms with E-state index in [1.165, 1.54) is 6.39 Å². The zero-order valence-electron chi connectivity index (χ0n) is 12.5. The van der Waals surface area contributed by atoms with Crippen LogP contribution in [0.3, 0.4) is 0 Å². The van der Waals surface area contributed by atoms with Crippen LogP contribution in [0, 0.1) is 0 Å². The number of amides is 1. The van der Waals surface area contributed by atoms with E-state index in [0.717, 1.165) is 11.3 Å². The molecule has 2 aromatic rings. The molecule has 0 saturated heterocycles. The number of ether oxygens (including phenoxy) is 1. The maximum Gasteiger partial charge on any atom is 0.241 e. The van der Waals surface area contributed by atoms with Gasteiger partial charge in [0.1, 0.15) is 5.75 Å². The highest BCUT2D eigenvalue weighted by atomic mass is 32.2. The van der Waals surface area contributed by atoms with Gasteiger partial charge in [-0.3, -0.25) is 4.79 Å². The molecule has 0 bridgehead atoms. The lowest BCUT2D eigenvalue weighted by molar-refractivity contribution is -0.117. The van der Waals surface area contributed by atoms with Gasteiger partial charge in [-0.15, -0.1) is 0 Å². The molecule has 3 N–H and O–H groups in total. The summed E-state index contributed by atoms with van der Waals surface area (Å²) in [4.78, 5) is 15.9. The third-order valence-corrected chi connectivity index (χ3v) is 3.78. The minimum absolute atomic E-state index is 0.205. The molecule has 0 spiro atoms. The molecule has 0 unspecified atom stereocenters. The monoisotopic (exact) mass is 321 g/mol. The Labute approximate surface area is 133 Å². The first-order valence-electron chi connectivity index (χ1n) is 6.78. The van der Waals surface area contributed by atoms with Gasteiger partial charge in [0.15, 0.2) is 12.2 Å². The van der Waals surface area contributed by atoms with Crippen LogP contribution in [0.4, 0.5) is 5.69 Å². The lowest BCUT2D eigenvalue weighted by Gasteiger charge is -2.13. The van der Waals surface area contributed by atoms with Crippen molar-refractivity contribution < 1.29 is 13.9 Å². The summed E-state index contributed by atoms with van der Waals surface area (Å²) in [6, 6.07) is 4.80. The van der Waals surface area contributed by atoms with Gasteiger partial charge < -0.3 is 20.2 Å². The zero-order valence-corrected chi connectivity index (χ0v) is 13.4. The largest absolute Gasteiger partial charge is 0.496 e. The number of hydrogen-bond donors (Lipinski definition) is 2. The molecule has 1 aromatic heterocycles. The maximum absolute atomic E-state index is 12.0. The van der Waals surface area contributed by atoms with Gasteiger partial charge in [0, 0.05) is 11.8 Å². The zero-order chi connectivity index (χ0) is 15.9. The second-order valence-corrected chi connectivity index (χ2v) is 5.64. The molecule has 1 atom stereocenters. The molecule has 2 rings (SSSR count). The average Bonchev–Trinajstić information content (AvgIpc) is 3.06. The highest BCUT2D eigenvalue weighted by Gasteiger charge is 2.15. The number of rotatable bonds is 7. The van der Waals surface area contributed by atoms with Gasteiger partial charge in [0.05, 0.1) is 24.9 Å². The van der Waals surface area contributed by atoms with Crippen molar-refractivity contribution in [3.05, 3.63) is 30.8 Å². The predicted octanol–water partition coefficient (Wildman–Crippen LogP) is 2.37. The van der Waals surface area contributed by atoms with E-state index in [0.29, 0.717) is 23.6 Å². The maximum atomic E-state index is 12.0. The second-order valence-electron chi connectivity index (χ2n) is 4.66. The lowest BCUT2D eigenvalue weighted by atomic mass is 10.1. The van der Waals surface area contributed by atoms with Gasteiger partial charge in [-0.05, 0) is 30.6 Å². The average molecular weight is 321 g/mol. The number of carbonyl (C=O) groups excluding carboxylic acids is 1. The molecule has 1 aromatic carbocycles. The predicted molar refractivity (Wildman–Crippen MR) is 88.1 cm³/mol. The summed E-state index contributed by atoms with van der Waals surface area (Å²) in [7, 11) is 1.56. The fourth-order valence-electron chi connectivity index (χ4n) is 1.93. The standard InChI is InChI=1S/C15H19N3O3S/c1-20-13-7-10(18-15(19)12(16)5-6-22-2)3-4-11(13)14-8-17-9-21-14/h3-4,7-9,12H,5-6,16H2,1-2H3,(H,18,19)/t12-/m1/s1. The Kier molecular flexibility index (Phi) is 5.85. The number of thioether (sulfide) groups is 1. The van der Waals surface area contributed by atoms with Gasteiger partial charge >= 0.3 is 0 Å². The molecule has 0 saturated carbocycles. The van der Waals surface area contributed by atoms with Gasteiger partial charge in [-0.25, -0.2) is 4.98 Å². The summed E-state index contributed by atoms with van der Waals surface area (Å²) in [5.41, 5.74) is 7.25. The third-order valence-electron chi connectivity index (χ3n) is 3.14. The van der Waals surface area contributed by atoms with Crippen molar-refractivity contribution in [2.75, 3.05) is 24.4 Å². The molecule has 0 aliphatic heterocycles. The van der Waals surface area contributed by atoms with Crippen LogP contribution >= 0.6 is 11.8 Å². The summed E-state index contributed by atoms with van der Waals surface area (Å²) >= 11 is 1.66. The van der Waals surface area contributed by atoms with E-state index in [4.69, 9.17) is 14.9 Å². The van der Waals surface area contributed by atoms with Crippen LogP contribution in [0.5, 0.6) is 5.75 Å². The first-order valence-corrected chi connectivity index (χ1v) is 8.17. The van der Waals surface area contributed by atoms with E-state index < -0.39 is 6.04 Å². The number of benzene rings is 1. The molecule has 1 amide bonds. The van der Waals surface area contributed by atoms with E-state index in [9.17, 15) is 4.79 Å². The van der Waals surface area contributed by atoms with Crippen molar-refractivity contribution >= 4 is 23.4 Å². The first kappa shape index (κ1) is 16.4. The number of aromatic nitrogens is 1. The van der Waals surface area contributed by atoms with Crippen LogP contribution in [-0.4, -0.2) is 36.1 Å². The molecule has 0 aliphatic carbocycles. The number of oxazole rings is 1. The summed E-state index contributed by atoms with van der Waals surface area (Å²) in [6.07, 6.45) is 5.58. The number of methoxy groups -OCH3 is 1. The Bertz CT molecular complexity index is 617. The minimum Gasteiger partial charge on any atom is -0.496 e. The smallest absolute Gasteiger partial charge is 0.241 e. The molecular weight excluding hydrogens is 302 g/mol. The van der Waals surface area contributed by atoms with Gasteiger partial charge in [-0.2, -0.15) is 11.8 Å². The van der Waals surface area contributed by atoms with Crippen molar-refractivity contribution in [3.8, 4) is 17.1 Å². The second kappa shape index (κ2) is 7.86.